The van der Waals surface area contributed by atoms with Crippen LogP contribution >= 0.6 is 11.8 Å². The lowest BCUT2D eigenvalue weighted by atomic mass is 10.1. The van der Waals surface area contributed by atoms with E-state index in [0.29, 0.717) is 5.88 Å². The largest absolute Gasteiger partial charge is 0.444 e. The van der Waals surface area contributed by atoms with Crippen molar-refractivity contribution in [3.8, 4) is 0 Å². The van der Waals surface area contributed by atoms with Crippen molar-refractivity contribution in [1.29, 1.82) is 0 Å². The summed E-state index contributed by atoms with van der Waals surface area (Å²) in [5.41, 5.74) is -0.547. The van der Waals surface area contributed by atoms with Crippen LogP contribution in [0.3, 0.4) is 0 Å². The lowest BCUT2D eigenvalue weighted by Gasteiger charge is -2.41. The zero-order chi connectivity index (χ0) is 12.1. The van der Waals surface area contributed by atoms with E-state index >= 15 is 0 Å². The van der Waals surface area contributed by atoms with Gasteiger partial charge >= 0.3 is 12.1 Å². The molecule has 0 aromatic carbocycles. The Balaban J connectivity index is 2.07. The fourth-order valence-corrected chi connectivity index (χ4v) is 2.91. The van der Waals surface area contributed by atoms with Crippen molar-refractivity contribution in [3.63, 3.8) is 0 Å². The van der Waals surface area contributed by atoms with Gasteiger partial charge in [-0.3, -0.25) is 4.90 Å². The maximum Gasteiger partial charge on any atom is 0.411 e. The van der Waals surface area contributed by atoms with Gasteiger partial charge in [0.2, 0.25) is 0 Å². The summed E-state index contributed by atoms with van der Waals surface area (Å²) >= 11 is 1.44. The fraction of sp³-hybridized carbons (Fsp3) is 0.800. The third-order valence-corrected chi connectivity index (χ3v) is 3.74. The van der Waals surface area contributed by atoms with E-state index in [1.54, 1.807) is 20.8 Å². The van der Waals surface area contributed by atoms with Gasteiger partial charge in [-0.2, -0.15) is 0 Å². The molecule has 16 heavy (non-hydrogen) atoms. The summed E-state index contributed by atoms with van der Waals surface area (Å²) in [4.78, 5) is 24.0. The van der Waals surface area contributed by atoms with Crippen LogP contribution in [-0.4, -0.2) is 39.4 Å². The van der Waals surface area contributed by atoms with Gasteiger partial charge in [-0.1, -0.05) is 11.8 Å². The lowest BCUT2D eigenvalue weighted by molar-refractivity contribution is -0.186. The topological polar surface area (TPSA) is 55.8 Å². The first-order valence-electron chi connectivity index (χ1n) is 5.09. The Morgan fingerprint density at radius 2 is 2.25 bits per heavy atom. The molecule has 5 nitrogen and oxygen atoms in total. The summed E-state index contributed by atoms with van der Waals surface area (Å²) in [5.74, 6) is 0.0836. The molecule has 2 heterocycles. The second-order valence-electron chi connectivity index (χ2n) is 5.06. The molecule has 2 aliphatic heterocycles. The van der Waals surface area contributed by atoms with Crippen molar-refractivity contribution in [2.75, 3.05) is 5.88 Å². The van der Waals surface area contributed by atoms with E-state index in [2.05, 4.69) is 0 Å². The van der Waals surface area contributed by atoms with Gasteiger partial charge in [0.25, 0.3) is 0 Å². The van der Waals surface area contributed by atoms with Crippen LogP contribution in [0.25, 0.3) is 0 Å². The van der Waals surface area contributed by atoms with E-state index in [9.17, 15) is 9.59 Å². The Kier molecular flexibility index (Phi) is 2.38. The number of thioether (sulfide) groups is 1. The van der Waals surface area contributed by atoms with E-state index in [4.69, 9.17) is 9.47 Å². The number of hydrogen-bond donors (Lipinski definition) is 0. The monoisotopic (exact) mass is 245 g/mol. The van der Waals surface area contributed by atoms with Gasteiger partial charge in [0.15, 0.2) is 11.0 Å². The summed E-state index contributed by atoms with van der Waals surface area (Å²) < 4.78 is 10.3. The van der Waals surface area contributed by atoms with Crippen molar-refractivity contribution in [2.24, 2.45) is 0 Å². The highest BCUT2D eigenvalue weighted by molar-refractivity contribution is 8.00. The Labute approximate surface area is 98.4 Å². The van der Waals surface area contributed by atoms with Crippen molar-refractivity contribution in [1.82, 2.24) is 4.90 Å². The summed E-state index contributed by atoms with van der Waals surface area (Å²) in [5, 5.41) is 0. The highest BCUT2D eigenvalue weighted by atomic mass is 32.2. The normalized spacial score (nSPS) is 32.9. The number of hydrogen-bond acceptors (Lipinski definition) is 5. The first-order valence-corrected chi connectivity index (χ1v) is 6.08. The van der Waals surface area contributed by atoms with Gasteiger partial charge in [-0.15, -0.1) is 0 Å². The number of carbonyl (C=O) groups excluding carboxylic acids is 2. The molecular formula is C10H15NO4S. The van der Waals surface area contributed by atoms with E-state index in [0.717, 1.165) is 0 Å². The molecule has 2 fully saturated rings. The minimum absolute atomic E-state index is 0.349. The number of amides is 1. The summed E-state index contributed by atoms with van der Waals surface area (Å²) in [6.07, 6.45) is -0.453. The molecule has 0 saturated carbocycles. The first kappa shape index (κ1) is 11.6. The molecule has 0 N–H and O–H groups in total. The third kappa shape index (κ3) is 1.75. The summed E-state index contributed by atoms with van der Waals surface area (Å²) in [6, 6.07) is -0.493. The number of fused-ring (bicyclic) bond motifs is 1. The number of nitrogens with zero attached hydrogens (tertiary/aromatic N) is 1. The predicted molar refractivity (Wildman–Crippen MR) is 58.8 cm³/mol. The fourth-order valence-electron chi connectivity index (χ4n) is 1.74. The van der Waals surface area contributed by atoms with Crippen LogP contribution in [0, 0.1) is 0 Å². The van der Waals surface area contributed by atoms with Crippen LogP contribution in [0.1, 0.15) is 27.7 Å². The SMILES string of the molecule is CC(C)(C)OC(=O)N1CSC2(C)OC(=O)[C@@H]12. The second-order valence-corrected chi connectivity index (χ2v) is 6.42. The van der Waals surface area contributed by atoms with Gasteiger partial charge in [-0.25, -0.2) is 9.59 Å². The molecule has 0 aromatic rings. The maximum atomic E-state index is 11.8. The molecule has 1 unspecified atom stereocenters. The molecular weight excluding hydrogens is 230 g/mol. The number of rotatable bonds is 0. The Hall–Kier alpha value is -0.910. The Bertz CT molecular complexity index is 351. The van der Waals surface area contributed by atoms with Gasteiger partial charge in [0.05, 0.1) is 5.88 Å². The minimum Gasteiger partial charge on any atom is -0.444 e. The first-order chi connectivity index (χ1) is 7.23. The minimum atomic E-state index is -0.575. The Morgan fingerprint density at radius 3 is 2.75 bits per heavy atom. The van der Waals surface area contributed by atoms with E-state index in [1.807, 2.05) is 6.92 Å². The van der Waals surface area contributed by atoms with Crippen LogP contribution in [0.5, 0.6) is 0 Å². The van der Waals surface area contributed by atoms with Gasteiger partial charge in [-0.05, 0) is 27.7 Å². The summed E-state index contributed by atoms with van der Waals surface area (Å²) in [6.45, 7) is 7.21. The van der Waals surface area contributed by atoms with E-state index < -0.39 is 22.7 Å². The van der Waals surface area contributed by atoms with Crippen molar-refractivity contribution in [3.05, 3.63) is 0 Å². The molecule has 1 amide bonds. The van der Waals surface area contributed by atoms with Crippen LogP contribution < -0.4 is 0 Å². The van der Waals surface area contributed by atoms with Crippen molar-refractivity contribution >= 4 is 23.8 Å². The molecule has 6 heteroatoms. The highest BCUT2D eigenvalue weighted by Gasteiger charge is 2.63. The molecule has 0 radical (unpaired) electrons. The lowest BCUT2D eigenvalue weighted by Crippen LogP contribution is -2.62. The standard InChI is InChI=1S/C10H15NO4S/c1-9(2,3)15-8(13)11-5-16-10(4)6(11)7(12)14-10/h6H,5H2,1-4H3/t6-,10?/m1/s1. The van der Waals surface area contributed by atoms with Gasteiger partial charge in [0, 0.05) is 0 Å². The molecule has 0 spiro atoms. The third-order valence-electron chi connectivity index (χ3n) is 2.45. The Morgan fingerprint density at radius 1 is 1.62 bits per heavy atom. The molecule has 0 aliphatic carbocycles. The summed E-state index contributed by atoms with van der Waals surface area (Å²) in [7, 11) is 0. The van der Waals surface area contributed by atoms with E-state index in [1.165, 1.54) is 16.7 Å². The predicted octanol–water partition coefficient (Wildman–Crippen LogP) is 1.57. The molecule has 2 atom stereocenters. The molecule has 0 bridgehead atoms. The van der Waals surface area contributed by atoms with Gasteiger partial charge in [0.1, 0.15) is 5.60 Å². The molecule has 2 rings (SSSR count). The van der Waals surface area contributed by atoms with Crippen LogP contribution in [0.2, 0.25) is 0 Å². The van der Waals surface area contributed by atoms with Crippen molar-refractivity contribution in [2.45, 2.75) is 44.3 Å². The highest BCUT2D eigenvalue weighted by Crippen LogP contribution is 2.48. The zero-order valence-electron chi connectivity index (χ0n) is 9.77. The van der Waals surface area contributed by atoms with E-state index in [-0.39, 0.29) is 5.97 Å². The quantitative estimate of drug-likeness (QED) is 0.606. The van der Waals surface area contributed by atoms with Crippen LogP contribution in [0.15, 0.2) is 0 Å². The molecule has 90 valence electrons. The number of ether oxygens (including phenoxy) is 2. The molecule has 0 aromatic heterocycles. The molecule has 2 aliphatic rings. The average Bonchev–Trinajstić information content (AvgIpc) is 2.34. The average molecular weight is 245 g/mol. The number of carbonyl (C=O) groups is 2. The maximum absolute atomic E-state index is 11.8. The second kappa shape index (κ2) is 3.29. The van der Waals surface area contributed by atoms with Gasteiger partial charge < -0.3 is 9.47 Å². The van der Waals surface area contributed by atoms with Crippen LogP contribution in [-0.2, 0) is 14.3 Å². The van der Waals surface area contributed by atoms with Crippen molar-refractivity contribution < 1.29 is 19.1 Å². The number of esters is 1. The smallest absolute Gasteiger partial charge is 0.411 e. The molecule has 2 saturated heterocycles. The zero-order valence-corrected chi connectivity index (χ0v) is 10.6. The van der Waals surface area contributed by atoms with Crippen LogP contribution in [0.4, 0.5) is 4.79 Å².